The van der Waals surface area contributed by atoms with E-state index in [1.165, 1.54) is 0 Å². The lowest BCUT2D eigenvalue weighted by Gasteiger charge is -2.10. The van der Waals surface area contributed by atoms with Gasteiger partial charge in [-0.3, -0.25) is 4.79 Å². The Morgan fingerprint density at radius 2 is 2.20 bits per heavy atom. The average molecular weight is 145 g/mol. The van der Waals surface area contributed by atoms with Crippen LogP contribution in [0.25, 0.3) is 0 Å². The van der Waals surface area contributed by atoms with Gasteiger partial charge in [-0.2, -0.15) is 0 Å². The molecule has 0 spiro atoms. The molecule has 0 aromatic carbocycles. The number of carbonyl (C=O) groups excluding carboxylic acids is 1. The second kappa shape index (κ2) is 5.23. The second-order valence-electron chi connectivity index (χ2n) is 2.17. The molecule has 0 saturated heterocycles. The van der Waals surface area contributed by atoms with Gasteiger partial charge in [0.05, 0.1) is 0 Å². The van der Waals surface area contributed by atoms with Gasteiger partial charge in [-0.25, -0.2) is 0 Å². The fourth-order valence-electron chi connectivity index (χ4n) is 0.661. The van der Waals surface area contributed by atoms with E-state index in [0.29, 0.717) is 13.0 Å². The lowest BCUT2D eigenvalue weighted by Crippen LogP contribution is -2.30. The van der Waals surface area contributed by atoms with Gasteiger partial charge < -0.3 is 10.5 Å². The molecule has 0 heterocycles. The van der Waals surface area contributed by atoms with Crippen molar-refractivity contribution in [2.45, 2.75) is 32.8 Å². The Labute approximate surface area is 61.5 Å². The molecule has 0 rings (SSSR count). The maximum absolute atomic E-state index is 10.5. The molecule has 3 heteroatoms. The summed E-state index contributed by atoms with van der Waals surface area (Å²) in [5.41, 5.74) is 5.02. The SMILES string of the molecule is CCCO[C@@H](CC)C(N)=O. The van der Waals surface area contributed by atoms with Gasteiger partial charge >= 0.3 is 0 Å². The monoisotopic (exact) mass is 145 g/mol. The largest absolute Gasteiger partial charge is 0.368 e. The summed E-state index contributed by atoms with van der Waals surface area (Å²) >= 11 is 0. The summed E-state index contributed by atoms with van der Waals surface area (Å²) in [6.45, 7) is 4.49. The molecule has 0 aromatic rings. The van der Waals surface area contributed by atoms with Gasteiger partial charge in [0.2, 0.25) is 5.91 Å². The van der Waals surface area contributed by atoms with Crippen LogP contribution in [0.5, 0.6) is 0 Å². The molecule has 1 amide bonds. The maximum atomic E-state index is 10.5. The van der Waals surface area contributed by atoms with E-state index in [4.69, 9.17) is 10.5 Å². The number of amides is 1. The highest BCUT2D eigenvalue weighted by Crippen LogP contribution is 1.96. The lowest BCUT2D eigenvalue weighted by molar-refractivity contribution is -0.129. The van der Waals surface area contributed by atoms with E-state index < -0.39 is 0 Å². The third kappa shape index (κ3) is 3.45. The fraction of sp³-hybridized carbons (Fsp3) is 0.857. The van der Waals surface area contributed by atoms with Crippen molar-refractivity contribution < 1.29 is 9.53 Å². The van der Waals surface area contributed by atoms with Gasteiger partial charge in [-0.05, 0) is 12.8 Å². The van der Waals surface area contributed by atoms with Crippen LogP contribution in [0.2, 0.25) is 0 Å². The van der Waals surface area contributed by atoms with Crippen LogP contribution < -0.4 is 5.73 Å². The summed E-state index contributed by atoms with van der Waals surface area (Å²) in [6, 6.07) is 0. The maximum Gasteiger partial charge on any atom is 0.246 e. The number of carbonyl (C=O) groups is 1. The summed E-state index contributed by atoms with van der Waals surface area (Å²) in [4.78, 5) is 10.5. The van der Waals surface area contributed by atoms with E-state index in [1.54, 1.807) is 0 Å². The van der Waals surface area contributed by atoms with E-state index in [9.17, 15) is 4.79 Å². The molecule has 1 atom stereocenters. The smallest absolute Gasteiger partial charge is 0.246 e. The molecule has 0 radical (unpaired) electrons. The van der Waals surface area contributed by atoms with Gasteiger partial charge in [0.25, 0.3) is 0 Å². The Balaban J connectivity index is 3.50. The van der Waals surface area contributed by atoms with E-state index in [0.717, 1.165) is 6.42 Å². The molecule has 3 nitrogen and oxygen atoms in total. The van der Waals surface area contributed by atoms with Gasteiger partial charge in [-0.15, -0.1) is 0 Å². The van der Waals surface area contributed by atoms with Crippen molar-refractivity contribution in [1.82, 2.24) is 0 Å². The minimum atomic E-state index is -0.389. The van der Waals surface area contributed by atoms with Crippen LogP contribution in [0.3, 0.4) is 0 Å². The number of rotatable bonds is 5. The first-order valence-electron chi connectivity index (χ1n) is 3.63. The Morgan fingerprint density at radius 3 is 2.50 bits per heavy atom. The summed E-state index contributed by atoms with van der Waals surface area (Å²) in [5, 5.41) is 0. The Bertz CT molecular complexity index is 104. The molecule has 0 aliphatic heterocycles. The fourth-order valence-corrected chi connectivity index (χ4v) is 0.661. The Kier molecular flexibility index (Phi) is 4.94. The molecule has 0 unspecified atom stereocenters. The van der Waals surface area contributed by atoms with Crippen molar-refractivity contribution in [2.24, 2.45) is 5.73 Å². The van der Waals surface area contributed by atoms with Gasteiger partial charge in [0.1, 0.15) is 6.10 Å². The predicted molar refractivity (Wildman–Crippen MR) is 39.5 cm³/mol. The third-order valence-electron chi connectivity index (χ3n) is 1.21. The van der Waals surface area contributed by atoms with Crippen LogP contribution >= 0.6 is 0 Å². The molecule has 0 aliphatic carbocycles. The quantitative estimate of drug-likeness (QED) is 0.618. The molecular formula is C7H15NO2. The summed E-state index contributed by atoms with van der Waals surface area (Å²) < 4.78 is 5.13. The molecule has 10 heavy (non-hydrogen) atoms. The highest BCUT2D eigenvalue weighted by atomic mass is 16.5. The van der Waals surface area contributed by atoms with E-state index in [-0.39, 0.29) is 12.0 Å². The number of hydrogen-bond acceptors (Lipinski definition) is 2. The van der Waals surface area contributed by atoms with Crippen LogP contribution in [0.15, 0.2) is 0 Å². The lowest BCUT2D eigenvalue weighted by atomic mass is 10.3. The number of nitrogens with two attached hydrogens (primary N) is 1. The molecule has 2 N–H and O–H groups in total. The molecule has 0 aliphatic rings. The zero-order chi connectivity index (χ0) is 7.98. The van der Waals surface area contributed by atoms with Crippen molar-refractivity contribution in [3.05, 3.63) is 0 Å². The highest BCUT2D eigenvalue weighted by Gasteiger charge is 2.11. The first-order chi connectivity index (χ1) is 4.72. The number of hydrogen-bond donors (Lipinski definition) is 1. The summed E-state index contributed by atoms with van der Waals surface area (Å²) in [6.07, 6.45) is 1.19. The van der Waals surface area contributed by atoms with Crippen molar-refractivity contribution >= 4 is 5.91 Å². The van der Waals surface area contributed by atoms with Crippen LogP contribution in [-0.2, 0) is 9.53 Å². The van der Waals surface area contributed by atoms with Gasteiger partial charge in [0, 0.05) is 6.61 Å². The average Bonchev–Trinajstić information content (AvgIpc) is 1.89. The zero-order valence-electron chi connectivity index (χ0n) is 6.59. The molecule has 0 fully saturated rings. The van der Waals surface area contributed by atoms with E-state index in [1.807, 2.05) is 13.8 Å². The molecular weight excluding hydrogens is 130 g/mol. The minimum Gasteiger partial charge on any atom is -0.368 e. The van der Waals surface area contributed by atoms with Gasteiger partial charge in [0.15, 0.2) is 0 Å². The van der Waals surface area contributed by atoms with E-state index in [2.05, 4.69) is 0 Å². The van der Waals surface area contributed by atoms with Crippen molar-refractivity contribution in [1.29, 1.82) is 0 Å². The van der Waals surface area contributed by atoms with Crippen LogP contribution in [0.1, 0.15) is 26.7 Å². The topological polar surface area (TPSA) is 52.3 Å². The van der Waals surface area contributed by atoms with Crippen molar-refractivity contribution in [3.63, 3.8) is 0 Å². The zero-order valence-corrected chi connectivity index (χ0v) is 6.59. The Morgan fingerprint density at radius 1 is 1.60 bits per heavy atom. The van der Waals surface area contributed by atoms with Crippen molar-refractivity contribution in [3.8, 4) is 0 Å². The standard InChI is InChI=1S/C7H15NO2/c1-3-5-10-6(4-2)7(8)9/h6H,3-5H2,1-2H3,(H2,8,9)/t6-/m0/s1. The molecule has 0 saturated carbocycles. The number of primary amides is 1. The normalized spacial score (nSPS) is 13.0. The van der Waals surface area contributed by atoms with Crippen LogP contribution in [0.4, 0.5) is 0 Å². The van der Waals surface area contributed by atoms with Crippen LogP contribution in [-0.4, -0.2) is 18.6 Å². The predicted octanol–water partition coefficient (Wildman–Crippen LogP) is 0.677. The van der Waals surface area contributed by atoms with Gasteiger partial charge in [-0.1, -0.05) is 13.8 Å². The minimum absolute atomic E-state index is 0.365. The highest BCUT2D eigenvalue weighted by molar-refractivity contribution is 5.78. The number of ether oxygens (including phenoxy) is 1. The summed E-state index contributed by atoms with van der Waals surface area (Å²) in [5.74, 6) is -0.365. The third-order valence-corrected chi connectivity index (χ3v) is 1.21. The first kappa shape index (κ1) is 9.43. The van der Waals surface area contributed by atoms with Crippen molar-refractivity contribution in [2.75, 3.05) is 6.61 Å². The first-order valence-corrected chi connectivity index (χ1v) is 3.63. The van der Waals surface area contributed by atoms with E-state index >= 15 is 0 Å². The molecule has 0 bridgehead atoms. The van der Waals surface area contributed by atoms with Crippen LogP contribution in [0, 0.1) is 0 Å². The second-order valence-corrected chi connectivity index (χ2v) is 2.17. The summed E-state index contributed by atoms with van der Waals surface area (Å²) in [7, 11) is 0. The Hall–Kier alpha value is -0.570. The molecule has 0 aromatic heterocycles. The molecule has 60 valence electrons.